The molecule has 0 saturated carbocycles. The van der Waals surface area contributed by atoms with Crippen LogP contribution in [0, 0.1) is 0 Å². The van der Waals surface area contributed by atoms with Gasteiger partial charge in [-0.1, -0.05) is 0 Å². The second-order valence-corrected chi connectivity index (χ2v) is 7.97. The van der Waals surface area contributed by atoms with Crippen molar-refractivity contribution in [1.82, 2.24) is 19.9 Å². The summed E-state index contributed by atoms with van der Waals surface area (Å²) in [5.74, 6) is 2.27. The number of methoxy groups -OCH3 is 1. The minimum absolute atomic E-state index is 0.0137. The van der Waals surface area contributed by atoms with Crippen LogP contribution in [0.5, 0.6) is 11.5 Å². The Kier molecular flexibility index (Phi) is 5.58. The van der Waals surface area contributed by atoms with Crippen molar-refractivity contribution >= 4 is 39.4 Å². The van der Waals surface area contributed by atoms with E-state index in [0.29, 0.717) is 18.8 Å². The van der Waals surface area contributed by atoms with Gasteiger partial charge in [0.05, 0.1) is 12.6 Å². The lowest BCUT2D eigenvalue weighted by molar-refractivity contribution is -0.136. The molecule has 158 valence electrons. The summed E-state index contributed by atoms with van der Waals surface area (Å²) in [6, 6.07) is 7.17. The van der Waals surface area contributed by atoms with Gasteiger partial charge in [0, 0.05) is 25.2 Å². The van der Waals surface area contributed by atoms with Crippen molar-refractivity contribution < 1.29 is 14.3 Å². The lowest BCUT2D eigenvalue weighted by Gasteiger charge is -2.45. The molecule has 0 spiro atoms. The van der Waals surface area contributed by atoms with Crippen molar-refractivity contribution in [3.63, 3.8) is 0 Å². The zero-order valence-corrected chi connectivity index (χ0v) is 17.9. The summed E-state index contributed by atoms with van der Waals surface area (Å²) in [5.41, 5.74) is 8.39. The topological polar surface area (TPSA) is 107 Å². The number of thiazole rings is 1. The number of nitrogens with two attached hydrogens (primary N) is 1. The summed E-state index contributed by atoms with van der Waals surface area (Å²) >= 11 is 1.44. The molecular formula is C20H24N6O3S. The lowest BCUT2D eigenvalue weighted by atomic mass is 10.0. The summed E-state index contributed by atoms with van der Waals surface area (Å²) in [7, 11) is 1.61. The predicted molar refractivity (Wildman–Crippen MR) is 116 cm³/mol. The summed E-state index contributed by atoms with van der Waals surface area (Å²) < 4.78 is 10.8. The molecule has 10 heteroatoms. The summed E-state index contributed by atoms with van der Waals surface area (Å²) in [4.78, 5) is 30.7. The highest BCUT2D eigenvalue weighted by Crippen LogP contribution is 2.30. The summed E-state index contributed by atoms with van der Waals surface area (Å²) in [6.45, 7) is 5.28. The Morgan fingerprint density at radius 2 is 1.90 bits per heavy atom. The fourth-order valence-corrected chi connectivity index (χ4v) is 4.32. The molecule has 3 aromatic rings. The number of anilines is 2. The molecule has 0 bridgehead atoms. The molecule has 1 amide bonds. The molecule has 2 unspecified atom stereocenters. The fraction of sp³-hybridized carbons (Fsp3) is 0.400. The van der Waals surface area contributed by atoms with Crippen LogP contribution in [-0.4, -0.2) is 64.6 Å². The van der Waals surface area contributed by atoms with Crippen LogP contribution in [0.1, 0.15) is 13.8 Å². The molecule has 4 rings (SSSR count). The number of nitrogen functional groups attached to an aromatic ring is 1. The van der Waals surface area contributed by atoms with Gasteiger partial charge in [-0.25, -0.2) is 9.97 Å². The van der Waals surface area contributed by atoms with E-state index in [1.54, 1.807) is 36.9 Å². The molecule has 30 heavy (non-hydrogen) atoms. The molecule has 1 aliphatic rings. The maximum absolute atomic E-state index is 12.8. The number of carbonyl (C=O) groups is 1. The number of fused-ring (bicyclic) bond motifs is 1. The molecule has 1 aromatic carbocycles. The lowest BCUT2D eigenvalue weighted by Crippen LogP contribution is -2.60. The van der Waals surface area contributed by atoms with E-state index in [2.05, 4.69) is 26.8 Å². The van der Waals surface area contributed by atoms with Gasteiger partial charge >= 0.3 is 0 Å². The van der Waals surface area contributed by atoms with Crippen LogP contribution in [0.4, 0.5) is 11.8 Å². The predicted octanol–water partition coefficient (Wildman–Crippen LogP) is 2.18. The Balaban J connectivity index is 1.44. The van der Waals surface area contributed by atoms with E-state index in [-0.39, 0.29) is 30.5 Å². The van der Waals surface area contributed by atoms with Crippen LogP contribution in [0.3, 0.4) is 0 Å². The van der Waals surface area contributed by atoms with Gasteiger partial charge in [0.1, 0.15) is 17.0 Å². The first kappa shape index (κ1) is 20.1. The smallest absolute Gasteiger partial charge is 0.260 e. The zero-order chi connectivity index (χ0) is 21.3. The number of aromatic nitrogens is 3. The van der Waals surface area contributed by atoms with Crippen molar-refractivity contribution in [3.05, 3.63) is 29.8 Å². The Labute approximate surface area is 178 Å². The Bertz CT molecular complexity index is 1040. The van der Waals surface area contributed by atoms with Crippen molar-refractivity contribution in [3.8, 4) is 11.5 Å². The van der Waals surface area contributed by atoms with Crippen molar-refractivity contribution in [2.45, 2.75) is 25.9 Å². The number of ether oxygens (including phenoxy) is 2. The molecule has 2 N–H and O–H groups in total. The molecule has 3 heterocycles. The third kappa shape index (κ3) is 3.82. The molecule has 2 atom stereocenters. The number of carbonyl (C=O) groups excluding carboxylic acids is 1. The Hall–Kier alpha value is -3.14. The second kappa shape index (κ2) is 8.31. The van der Waals surface area contributed by atoms with Gasteiger partial charge in [0.2, 0.25) is 5.95 Å². The zero-order valence-electron chi connectivity index (χ0n) is 17.1. The average molecular weight is 429 g/mol. The van der Waals surface area contributed by atoms with Crippen LogP contribution >= 0.6 is 11.3 Å². The number of benzene rings is 1. The number of rotatable bonds is 5. The molecule has 9 nitrogen and oxygen atoms in total. The standard InChI is InChI=1S/C20H24N6O3S/c1-12-13(2)26(18-17-19(30-11-22-17)24-20(21)23-18)9-8-25(12)16(27)10-29-15-6-4-14(28-3)5-7-15/h4-7,11-13H,8-10H2,1-3H3,(H2,21,23,24). The first-order valence-electron chi connectivity index (χ1n) is 9.67. The SMILES string of the molecule is COc1ccc(OCC(=O)N2CCN(c3nc(N)nc4scnc34)C(C)C2C)cc1. The van der Waals surface area contributed by atoms with Gasteiger partial charge in [0.15, 0.2) is 17.3 Å². The minimum atomic E-state index is -0.0502. The van der Waals surface area contributed by atoms with Gasteiger partial charge in [-0.05, 0) is 38.1 Å². The largest absolute Gasteiger partial charge is 0.497 e. The quantitative estimate of drug-likeness (QED) is 0.659. The first-order valence-corrected chi connectivity index (χ1v) is 10.6. The van der Waals surface area contributed by atoms with E-state index in [4.69, 9.17) is 15.2 Å². The second-order valence-electron chi connectivity index (χ2n) is 7.14. The van der Waals surface area contributed by atoms with Crippen LogP contribution in [0.15, 0.2) is 29.8 Å². The van der Waals surface area contributed by atoms with Crippen LogP contribution in [-0.2, 0) is 4.79 Å². The highest BCUT2D eigenvalue weighted by Gasteiger charge is 2.35. The number of hydrogen-bond donors (Lipinski definition) is 1. The molecule has 1 aliphatic heterocycles. The minimum Gasteiger partial charge on any atom is -0.497 e. The number of hydrogen-bond acceptors (Lipinski definition) is 9. The number of piperazine rings is 1. The van der Waals surface area contributed by atoms with Gasteiger partial charge in [-0.15, -0.1) is 11.3 Å². The van der Waals surface area contributed by atoms with E-state index in [1.807, 2.05) is 11.8 Å². The van der Waals surface area contributed by atoms with E-state index < -0.39 is 0 Å². The number of amides is 1. The van der Waals surface area contributed by atoms with Crippen LogP contribution in [0.2, 0.25) is 0 Å². The first-order chi connectivity index (χ1) is 14.5. The molecule has 1 fully saturated rings. The van der Waals surface area contributed by atoms with Crippen molar-refractivity contribution in [2.75, 3.05) is 37.4 Å². The monoisotopic (exact) mass is 428 g/mol. The van der Waals surface area contributed by atoms with Gasteiger partial charge in [-0.2, -0.15) is 4.98 Å². The van der Waals surface area contributed by atoms with E-state index in [0.717, 1.165) is 21.9 Å². The highest BCUT2D eigenvalue weighted by atomic mass is 32.1. The van der Waals surface area contributed by atoms with Crippen molar-refractivity contribution in [2.24, 2.45) is 0 Å². The summed E-state index contributed by atoms with van der Waals surface area (Å²) in [5, 5.41) is 0. The Morgan fingerprint density at radius 3 is 2.63 bits per heavy atom. The molecule has 0 radical (unpaired) electrons. The normalized spacial score (nSPS) is 19.2. The Morgan fingerprint density at radius 1 is 1.17 bits per heavy atom. The van der Waals surface area contributed by atoms with Gasteiger partial charge in [0.25, 0.3) is 5.91 Å². The maximum atomic E-state index is 12.8. The molecular weight excluding hydrogens is 404 g/mol. The van der Waals surface area contributed by atoms with E-state index in [9.17, 15) is 4.79 Å². The molecule has 2 aromatic heterocycles. The van der Waals surface area contributed by atoms with Crippen LogP contribution in [0.25, 0.3) is 10.3 Å². The maximum Gasteiger partial charge on any atom is 0.260 e. The number of nitrogens with zero attached hydrogens (tertiary/aromatic N) is 5. The highest BCUT2D eigenvalue weighted by molar-refractivity contribution is 7.16. The average Bonchev–Trinajstić information content (AvgIpc) is 3.22. The third-order valence-electron chi connectivity index (χ3n) is 5.47. The summed E-state index contributed by atoms with van der Waals surface area (Å²) in [6.07, 6.45) is 0. The van der Waals surface area contributed by atoms with Crippen molar-refractivity contribution in [1.29, 1.82) is 0 Å². The van der Waals surface area contributed by atoms with E-state index >= 15 is 0 Å². The fourth-order valence-electron chi connectivity index (χ4n) is 3.66. The van der Waals surface area contributed by atoms with Crippen LogP contribution < -0.4 is 20.1 Å². The van der Waals surface area contributed by atoms with E-state index in [1.165, 1.54) is 11.3 Å². The molecule has 0 aliphatic carbocycles. The molecule has 1 saturated heterocycles. The third-order valence-corrected chi connectivity index (χ3v) is 6.19. The van der Waals surface area contributed by atoms with Gasteiger partial charge < -0.3 is 25.0 Å². The van der Waals surface area contributed by atoms with Gasteiger partial charge in [-0.3, -0.25) is 4.79 Å².